The van der Waals surface area contributed by atoms with Crippen LogP contribution in [-0.2, 0) is 4.74 Å². The van der Waals surface area contributed by atoms with Crippen LogP contribution in [-0.4, -0.2) is 24.4 Å². The van der Waals surface area contributed by atoms with Crippen molar-refractivity contribution < 1.29 is 9.15 Å². The quantitative estimate of drug-likeness (QED) is 0.813. The molecule has 2 heterocycles. The maximum atomic E-state index is 5.91. The Balaban J connectivity index is 1.84. The average Bonchev–Trinajstić information content (AvgIpc) is 2.75. The summed E-state index contributed by atoms with van der Waals surface area (Å²) in [5.41, 5.74) is 5.91. The SMILES string of the molecule is NC1OCCN1C(c1ccco1)C1CC1. The van der Waals surface area contributed by atoms with E-state index in [-0.39, 0.29) is 6.35 Å². The van der Waals surface area contributed by atoms with E-state index >= 15 is 0 Å². The van der Waals surface area contributed by atoms with Crippen molar-refractivity contribution in [2.24, 2.45) is 11.7 Å². The Morgan fingerprint density at radius 3 is 2.87 bits per heavy atom. The Morgan fingerprint density at radius 2 is 2.33 bits per heavy atom. The first kappa shape index (κ1) is 9.39. The van der Waals surface area contributed by atoms with Crippen LogP contribution in [0.3, 0.4) is 0 Å². The van der Waals surface area contributed by atoms with Gasteiger partial charge < -0.3 is 9.15 Å². The van der Waals surface area contributed by atoms with Gasteiger partial charge in [0.15, 0.2) is 6.35 Å². The second-order valence-electron chi connectivity index (χ2n) is 4.30. The standard InChI is InChI=1S/C11H16N2O2/c12-11-13(5-7-15-11)10(8-3-4-8)9-2-1-6-14-9/h1-2,6,8,10-11H,3-5,7,12H2. The van der Waals surface area contributed by atoms with Gasteiger partial charge in [-0.15, -0.1) is 0 Å². The molecule has 1 saturated heterocycles. The molecule has 2 fully saturated rings. The van der Waals surface area contributed by atoms with Gasteiger partial charge in [0.1, 0.15) is 5.76 Å². The van der Waals surface area contributed by atoms with E-state index in [9.17, 15) is 0 Å². The molecule has 1 aliphatic heterocycles. The van der Waals surface area contributed by atoms with Crippen LogP contribution in [0.4, 0.5) is 0 Å². The van der Waals surface area contributed by atoms with Crippen LogP contribution in [0.25, 0.3) is 0 Å². The Labute approximate surface area is 89.0 Å². The third kappa shape index (κ3) is 1.69. The number of rotatable bonds is 3. The zero-order valence-corrected chi connectivity index (χ0v) is 8.63. The summed E-state index contributed by atoms with van der Waals surface area (Å²) >= 11 is 0. The molecule has 2 unspecified atom stereocenters. The molecular formula is C11H16N2O2. The molecule has 3 rings (SSSR count). The van der Waals surface area contributed by atoms with Crippen molar-refractivity contribution in [3.8, 4) is 0 Å². The van der Waals surface area contributed by atoms with Crippen LogP contribution < -0.4 is 5.73 Å². The molecular weight excluding hydrogens is 192 g/mol. The minimum absolute atomic E-state index is 0.263. The van der Waals surface area contributed by atoms with Crippen molar-refractivity contribution in [2.75, 3.05) is 13.2 Å². The van der Waals surface area contributed by atoms with E-state index in [1.807, 2.05) is 12.1 Å². The lowest BCUT2D eigenvalue weighted by atomic mass is 10.1. The Morgan fingerprint density at radius 1 is 1.47 bits per heavy atom. The summed E-state index contributed by atoms with van der Waals surface area (Å²) in [7, 11) is 0. The molecule has 0 bridgehead atoms. The molecule has 2 atom stereocenters. The van der Waals surface area contributed by atoms with Gasteiger partial charge in [-0.05, 0) is 30.9 Å². The highest BCUT2D eigenvalue weighted by Crippen LogP contribution is 2.45. The van der Waals surface area contributed by atoms with E-state index in [1.165, 1.54) is 12.8 Å². The summed E-state index contributed by atoms with van der Waals surface area (Å²) in [5, 5.41) is 0. The van der Waals surface area contributed by atoms with Crippen LogP contribution >= 0.6 is 0 Å². The summed E-state index contributed by atoms with van der Waals surface area (Å²) in [6.07, 6.45) is 4.01. The summed E-state index contributed by atoms with van der Waals surface area (Å²) in [5.74, 6) is 1.72. The van der Waals surface area contributed by atoms with E-state index in [4.69, 9.17) is 14.9 Å². The zero-order valence-electron chi connectivity index (χ0n) is 8.63. The first-order valence-corrected chi connectivity index (χ1v) is 5.52. The Hall–Kier alpha value is -0.840. The monoisotopic (exact) mass is 208 g/mol. The zero-order chi connectivity index (χ0) is 10.3. The number of hydrogen-bond acceptors (Lipinski definition) is 4. The van der Waals surface area contributed by atoms with Gasteiger partial charge in [0, 0.05) is 6.54 Å². The van der Waals surface area contributed by atoms with E-state index in [0.29, 0.717) is 12.0 Å². The summed E-state index contributed by atoms with van der Waals surface area (Å²) in [6.45, 7) is 1.63. The summed E-state index contributed by atoms with van der Waals surface area (Å²) < 4.78 is 10.9. The molecule has 2 aliphatic rings. The number of furan rings is 1. The van der Waals surface area contributed by atoms with Crippen molar-refractivity contribution in [3.05, 3.63) is 24.2 Å². The normalized spacial score (nSPS) is 29.5. The fourth-order valence-corrected chi connectivity index (χ4v) is 2.34. The average molecular weight is 208 g/mol. The van der Waals surface area contributed by atoms with Crippen LogP contribution in [0.1, 0.15) is 24.6 Å². The molecule has 0 radical (unpaired) electrons. The third-order valence-electron chi connectivity index (χ3n) is 3.23. The Bertz CT molecular complexity index is 321. The van der Waals surface area contributed by atoms with Crippen molar-refractivity contribution in [1.29, 1.82) is 0 Å². The number of nitrogens with zero attached hydrogens (tertiary/aromatic N) is 1. The molecule has 1 aromatic rings. The molecule has 15 heavy (non-hydrogen) atoms. The van der Waals surface area contributed by atoms with Gasteiger partial charge >= 0.3 is 0 Å². The van der Waals surface area contributed by atoms with Crippen molar-refractivity contribution in [1.82, 2.24) is 4.90 Å². The predicted octanol–water partition coefficient (Wildman–Crippen LogP) is 1.31. The van der Waals surface area contributed by atoms with Gasteiger partial charge in [0.05, 0.1) is 18.9 Å². The van der Waals surface area contributed by atoms with Gasteiger partial charge in [-0.2, -0.15) is 0 Å². The van der Waals surface area contributed by atoms with Crippen LogP contribution in [0, 0.1) is 5.92 Å². The van der Waals surface area contributed by atoms with Crippen molar-refractivity contribution in [3.63, 3.8) is 0 Å². The minimum Gasteiger partial charge on any atom is -0.468 e. The number of hydrogen-bond donors (Lipinski definition) is 1. The van der Waals surface area contributed by atoms with E-state index in [2.05, 4.69) is 4.90 Å². The molecule has 1 aliphatic carbocycles. The smallest absolute Gasteiger partial charge is 0.164 e. The van der Waals surface area contributed by atoms with E-state index in [0.717, 1.165) is 18.9 Å². The maximum Gasteiger partial charge on any atom is 0.164 e. The van der Waals surface area contributed by atoms with Crippen LogP contribution in [0.5, 0.6) is 0 Å². The van der Waals surface area contributed by atoms with Gasteiger partial charge in [-0.1, -0.05) is 0 Å². The van der Waals surface area contributed by atoms with Crippen molar-refractivity contribution in [2.45, 2.75) is 25.2 Å². The summed E-state index contributed by atoms with van der Waals surface area (Å²) in [4.78, 5) is 2.20. The summed E-state index contributed by atoms with van der Waals surface area (Å²) in [6, 6.07) is 4.29. The molecule has 2 N–H and O–H groups in total. The Kier molecular flexibility index (Phi) is 2.27. The van der Waals surface area contributed by atoms with Gasteiger partial charge in [-0.3, -0.25) is 10.6 Å². The van der Waals surface area contributed by atoms with Crippen molar-refractivity contribution >= 4 is 0 Å². The molecule has 0 aromatic carbocycles. The van der Waals surface area contributed by atoms with E-state index in [1.54, 1.807) is 6.26 Å². The molecule has 4 heteroatoms. The highest BCUT2D eigenvalue weighted by atomic mass is 16.5. The second-order valence-corrected chi connectivity index (χ2v) is 4.30. The largest absolute Gasteiger partial charge is 0.468 e. The lowest BCUT2D eigenvalue weighted by Crippen LogP contribution is -2.40. The first-order chi connectivity index (χ1) is 7.36. The van der Waals surface area contributed by atoms with Crippen LogP contribution in [0.15, 0.2) is 22.8 Å². The molecule has 0 amide bonds. The topological polar surface area (TPSA) is 51.6 Å². The van der Waals surface area contributed by atoms with E-state index < -0.39 is 0 Å². The number of nitrogens with two attached hydrogens (primary N) is 1. The second kappa shape index (κ2) is 3.63. The lowest BCUT2D eigenvalue weighted by molar-refractivity contribution is 0.00657. The maximum absolute atomic E-state index is 5.91. The van der Waals surface area contributed by atoms with Crippen LogP contribution in [0.2, 0.25) is 0 Å². The third-order valence-corrected chi connectivity index (χ3v) is 3.23. The molecule has 1 saturated carbocycles. The van der Waals surface area contributed by atoms with Gasteiger partial charge in [0.25, 0.3) is 0 Å². The minimum atomic E-state index is -0.263. The fraction of sp³-hybridized carbons (Fsp3) is 0.636. The highest BCUT2D eigenvalue weighted by Gasteiger charge is 2.41. The van der Waals surface area contributed by atoms with Gasteiger partial charge in [-0.25, -0.2) is 0 Å². The molecule has 1 aromatic heterocycles. The van der Waals surface area contributed by atoms with Gasteiger partial charge in [0.2, 0.25) is 0 Å². The lowest BCUT2D eigenvalue weighted by Gasteiger charge is -2.28. The number of ether oxygens (including phenoxy) is 1. The molecule has 4 nitrogen and oxygen atoms in total. The predicted molar refractivity (Wildman–Crippen MR) is 54.8 cm³/mol. The highest BCUT2D eigenvalue weighted by molar-refractivity contribution is 5.09. The fourth-order valence-electron chi connectivity index (χ4n) is 2.34. The molecule has 82 valence electrons. The molecule has 0 spiro atoms. The first-order valence-electron chi connectivity index (χ1n) is 5.52.